The largest absolute Gasteiger partial charge is 0.468 e. The average molecular weight is 310 g/mol. The van der Waals surface area contributed by atoms with E-state index in [1.54, 1.807) is 6.07 Å². The molecule has 0 saturated heterocycles. The number of nitrogens with zero attached hydrogens (tertiary/aromatic N) is 1. The smallest absolute Gasteiger partial charge is 0.259 e. The number of carbonyl (C=O) groups is 2. The highest BCUT2D eigenvalue weighted by Crippen LogP contribution is 2.24. The molecule has 0 aliphatic carbocycles. The molecule has 23 heavy (non-hydrogen) atoms. The first kappa shape index (κ1) is 13.6. The number of aromatic amines is 1. The second-order valence-corrected chi connectivity index (χ2v) is 5.48. The van der Waals surface area contributed by atoms with Gasteiger partial charge in [-0.25, -0.2) is 0 Å². The number of rotatable bonds is 2. The van der Waals surface area contributed by atoms with Crippen molar-refractivity contribution in [3.63, 3.8) is 0 Å². The van der Waals surface area contributed by atoms with Crippen molar-refractivity contribution in [2.75, 3.05) is 11.9 Å². The molecule has 3 heterocycles. The van der Waals surface area contributed by atoms with Crippen LogP contribution in [0.3, 0.4) is 0 Å². The van der Waals surface area contributed by atoms with Crippen molar-refractivity contribution in [1.29, 1.82) is 0 Å². The van der Waals surface area contributed by atoms with Crippen molar-refractivity contribution in [3.8, 4) is 0 Å². The van der Waals surface area contributed by atoms with E-state index < -0.39 is 0 Å². The summed E-state index contributed by atoms with van der Waals surface area (Å²) in [4.78, 5) is 24.4. The number of aromatic nitrogens is 2. The Labute approximate surface area is 131 Å². The number of H-pyrrole nitrogens is 1. The lowest BCUT2D eigenvalue weighted by atomic mass is 10.0. The maximum absolute atomic E-state index is 12.5. The molecule has 1 aliphatic heterocycles. The maximum atomic E-state index is 12.5. The van der Waals surface area contributed by atoms with Crippen LogP contribution in [0.25, 0.3) is 10.9 Å². The molecule has 7 nitrogen and oxygen atoms in total. The summed E-state index contributed by atoms with van der Waals surface area (Å²) in [5.41, 5.74) is 2.98. The minimum absolute atomic E-state index is 0.251. The van der Waals surface area contributed by atoms with E-state index in [2.05, 4.69) is 20.8 Å². The molecule has 0 bridgehead atoms. The summed E-state index contributed by atoms with van der Waals surface area (Å²) in [7, 11) is 0. The third-order valence-electron chi connectivity index (χ3n) is 3.99. The summed E-state index contributed by atoms with van der Waals surface area (Å²) in [6.07, 6.45) is 1.93. The van der Waals surface area contributed by atoms with Crippen molar-refractivity contribution in [2.24, 2.45) is 0 Å². The lowest BCUT2D eigenvalue weighted by Crippen LogP contribution is -2.32. The monoisotopic (exact) mass is 310 g/mol. The minimum atomic E-state index is -0.368. The highest BCUT2D eigenvalue weighted by atomic mass is 16.3. The number of hydrogen-bond donors (Lipinski definition) is 3. The van der Waals surface area contributed by atoms with Gasteiger partial charge in [-0.05, 0) is 25.1 Å². The van der Waals surface area contributed by atoms with Gasteiger partial charge >= 0.3 is 0 Å². The van der Waals surface area contributed by atoms with Crippen LogP contribution in [0.5, 0.6) is 0 Å². The predicted molar refractivity (Wildman–Crippen MR) is 83.5 cm³/mol. The average Bonchev–Trinajstić information content (AvgIpc) is 3.13. The number of anilines is 1. The Balaban J connectivity index is 1.66. The Morgan fingerprint density at radius 1 is 1.39 bits per heavy atom. The summed E-state index contributed by atoms with van der Waals surface area (Å²) in [5.74, 6) is -0.0844. The number of hydrogen-bond acceptors (Lipinski definition) is 4. The zero-order chi connectivity index (χ0) is 16.0. The van der Waals surface area contributed by atoms with Crippen molar-refractivity contribution >= 4 is 28.4 Å². The van der Waals surface area contributed by atoms with Crippen molar-refractivity contribution in [3.05, 3.63) is 47.0 Å². The first-order chi connectivity index (χ1) is 11.1. The molecule has 116 valence electrons. The first-order valence-corrected chi connectivity index (χ1v) is 7.28. The van der Waals surface area contributed by atoms with Crippen LogP contribution in [0.4, 0.5) is 5.69 Å². The van der Waals surface area contributed by atoms with Crippen LogP contribution in [0.2, 0.25) is 0 Å². The van der Waals surface area contributed by atoms with E-state index in [0.29, 0.717) is 30.0 Å². The van der Waals surface area contributed by atoms with Gasteiger partial charge in [-0.3, -0.25) is 14.7 Å². The number of fused-ring (bicyclic) bond motifs is 2. The molecule has 7 heteroatoms. The maximum Gasteiger partial charge on any atom is 0.259 e. The van der Waals surface area contributed by atoms with E-state index in [0.717, 1.165) is 16.6 Å². The first-order valence-electron chi connectivity index (χ1n) is 7.28. The van der Waals surface area contributed by atoms with Crippen LogP contribution in [0.15, 0.2) is 28.9 Å². The van der Waals surface area contributed by atoms with Gasteiger partial charge in [0.2, 0.25) is 0 Å². The lowest BCUT2D eigenvalue weighted by molar-refractivity contribution is 0.0932. The van der Waals surface area contributed by atoms with E-state index in [-0.39, 0.29) is 17.4 Å². The summed E-state index contributed by atoms with van der Waals surface area (Å²) in [6.45, 7) is 2.41. The van der Waals surface area contributed by atoms with E-state index in [1.807, 2.05) is 19.1 Å². The molecule has 0 saturated carbocycles. The number of aryl methyl sites for hydroxylation is 1. The predicted octanol–water partition coefficient (Wildman–Crippen LogP) is 2.00. The number of furan rings is 1. The Bertz CT molecular complexity index is 938. The SMILES string of the molecule is Cc1n[nH]c2ccc(NC(=O)c3coc4c3C(=O)NCC4)cc12. The standard InChI is InChI=1S/C16H14N4O3/c1-8-10-6-9(2-3-12(10)20-19-8)18-15(21)11-7-23-13-4-5-17-16(22)14(11)13/h2-3,6-7H,4-5H2,1H3,(H,17,22)(H,18,21)(H,19,20). The quantitative estimate of drug-likeness (QED) is 0.674. The molecule has 1 aliphatic rings. The Hall–Kier alpha value is -3.09. The third kappa shape index (κ3) is 2.17. The number of nitrogens with one attached hydrogen (secondary N) is 3. The van der Waals surface area contributed by atoms with Crippen LogP contribution >= 0.6 is 0 Å². The van der Waals surface area contributed by atoms with Crippen LogP contribution < -0.4 is 10.6 Å². The molecule has 0 fully saturated rings. The lowest BCUT2D eigenvalue weighted by Gasteiger charge is -2.12. The molecule has 0 unspecified atom stereocenters. The van der Waals surface area contributed by atoms with Gasteiger partial charge in [0.15, 0.2) is 0 Å². The summed E-state index contributed by atoms with van der Waals surface area (Å²) in [5, 5.41) is 13.5. The third-order valence-corrected chi connectivity index (χ3v) is 3.99. The molecule has 0 atom stereocenters. The molecular formula is C16H14N4O3. The van der Waals surface area contributed by atoms with Crippen molar-refractivity contribution in [1.82, 2.24) is 15.5 Å². The molecule has 0 spiro atoms. The summed E-state index contributed by atoms with van der Waals surface area (Å²) >= 11 is 0. The topological polar surface area (TPSA) is 100 Å². The molecule has 3 aromatic rings. The van der Waals surface area contributed by atoms with Gasteiger partial charge in [0.1, 0.15) is 12.0 Å². The highest BCUT2D eigenvalue weighted by molar-refractivity contribution is 6.13. The van der Waals surface area contributed by atoms with E-state index in [9.17, 15) is 9.59 Å². The Kier molecular flexibility index (Phi) is 2.94. The van der Waals surface area contributed by atoms with Crippen LogP contribution in [-0.2, 0) is 6.42 Å². The highest BCUT2D eigenvalue weighted by Gasteiger charge is 2.27. The molecule has 0 radical (unpaired) electrons. The van der Waals surface area contributed by atoms with Gasteiger partial charge in [0.25, 0.3) is 11.8 Å². The van der Waals surface area contributed by atoms with Gasteiger partial charge < -0.3 is 15.1 Å². The molecule has 2 amide bonds. The number of carbonyl (C=O) groups excluding carboxylic acids is 2. The second kappa shape index (κ2) is 4.98. The molecule has 3 N–H and O–H groups in total. The fraction of sp³-hybridized carbons (Fsp3) is 0.188. The van der Waals surface area contributed by atoms with Gasteiger partial charge in [-0.2, -0.15) is 5.10 Å². The van der Waals surface area contributed by atoms with Gasteiger partial charge in [0.05, 0.1) is 22.3 Å². The van der Waals surface area contributed by atoms with Gasteiger partial charge in [-0.1, -0.05) is 0 Å². The number of amides is 2. The van der Waals surface area contributed by atoms with Crippen molar-refractivity contribution in [2.45, 2.75) is 13.3 Å². The zero-order valence-electron chi connectivity index (χ0n) is 12.4. The minimum Gasteiger partial charge on any atom is -0.468 e. The zero-order valence-corrected chi connectivity index (χ0v) is 12.4. The molecule has 2 aromatic heterocycles. The van der Waals surface area contributed by atoms with Gasteiger partial charge in [-0.15, -0.1) is 0 Å². The van der Waals surface area contributed by atoms with Crippen LogP contribution in [-0.4, -0.2) is 28.6 Å². The molecule has 4 rings (SSSR count). The second-order valence-electron chi connectivity index (χ2n) is 5.48. The van der Waals surface area contributed by atoms with Crippen molar-refractivity contribution < 1.29 is 14.0 Å². The van der Waals surface area contributed by atoms with Crippen LogP contribution in [0.1, 0.15) is 32.2 Å². The van der Waals surface area contributed by atoms with E-state index in [4.69, 9.17) is 4.42 Å². The normalized spacial score (nSPS) is 13.7. The summed E-state index contributed by atoms with van der Waals surface area (Å²) in [6, 6.07) is 5.48. The van der Waals surface area contributed by atoms with E-state index >= 15 is 0 Å². The van der Waals surface area contributed by atoms with Crippen LogP contribution in [0, 0.1) is 6.92 Å². The Morgan fingerprint density at radius 3 is 3.13 bits per heavy atom. The molecular weight excluding hydrogens is 296 g/mol. The fourth-order valence-electron chi connectivity index (χ4n) is 2.80. The molecule has 1 aromatic carbocycles. The Morgan fingerprint density at radius 2 is 2.26 bits per heavy atom. The van der Waals surface area contributed by atoms with Gasteiger partial charge in [0, 0.05) is 24.0 Å². The number of benzene rings is 1. The summed E-state index contributed by atoms with van der Waals surface area (Å²) < 4.78 is 5.36. The van der Waals surface area contributed by atoms with E-state index in [1.165, 1.54) is 6.26 Å². The fourth-order valence-corrected chi connectivity index (χ4v) is 2.80.